The molecule has 22 heavy (non-hydrogen) atoms. The molecule has 0 bridgehead atoms. The van der Waals surface area contributed by atoms with Crippen molar-refractivity contribution in [1.82, 2.24) is 9.97 Å². The van der Waals surface area contributed by atoms with Crippen LogP contribution in [0, 0.1) is 0 Å². The number of ether oxygens (including phenoxy) is 2. The highest BCUT2D eigenvalue weighted by molar-refractivity contribution is 7.07. The standard InChI is InChI=1S/C15H14ClN3O2S/c1-20-12-5-10-11(6-13(12)21-2)18-15(16)19-14(10)17-7-9-3-4-22-8-9/h3-6,8H,7H2,1-2H3,(H,17,18,19). The number of halogens is 1. The minimum absolute atomic E-state index is 0.188. The Morgan fingerprint density at radius 1 is 1.18 bits per heavy atom. The largest absolute Gasteiger partial charge is 0.493 e. The molecule has 1 aromatic carbocycles. The summed E-state index contributed by atoms with van der Waals surface area (Å²) in [6.07, 6.45) is 0. The van der Waals surface area contributed by atoms with Gasteiger partial charge in [0.1, 0.15) is 5.82 Å². The van der Waals surface area contributed by atoms with E-state index in [1.807, 2.05) is 11.4 Å². The van der Waals surface area contributed by atoms with E-state index in [-0.39, 0.29) is 5.28 Å². The van der Waals surface area contributed by atoms with Gasteiger partial charge in [0.25, 0.3) is 0 Å². The maximum Gasteiger partial charge on any atom is 0.224 e. The van der Waals surface area contributed by atoms with Crippen molar-refractivity contribution in [3.63, 3.8) is 0 Å². The van der Waals surface area contributed by atoms with Gasteiger partial charge < -0.3 is 14.8 Å². The molecule has 0 atom stereocenters. The molecule has 0 saturated heterocycles. The first-order valence-corrected chi connectivity index (χ1v) is 7.87. The summed E-state index contributed by atoms with van der Waals surface area (Å²) in [5.41, 5.74) is 1.89. The third-order valence-corrected chi connectivity index (χ3v) is 4.11. The first kappa shape index (κ1) is 14.9. The zero-order valence-corrected chi connectivity index (χ0v) is 13.7. The molecule has 0 aliphatic rings. The van der Waals surface area contributed by atoms with E-state index in [0.717, 1.165) is 5.39 Å². The molecule has 2 heterocycles. The van der Waals surface area contributed by atoms with Gasteiger partial charge in [-0.2, -0.15) is 11.3 Å². The van der Waals surface area contributed by atoms with Crippen LogP contribution in [-0.2, 0) is 6.54 Å². The van der Waals surface area contributed by atoms with E-state index >= 15 is 0 Å². The van der Waals surface area contributed by atoms with Gasteiger partial charge in [-0.15, -0.1) is 0 Å². The van der Waals surface area contributed by atoms with E-state index in [1.54, 1.807) is 31.6 Å². The molecule has 0 saturated carbocycles. The van der Waals surface area contributed by atoms with Crippen molar-refractivity contribution < 1.29 is 9.47 Å². The Balaban J connectivity index is 2.04. The van der Waals surface area contributed by atoms with E-state index in [0.29, 0.717) is 29.4 Å². The summed E-state index contributed by atoms with van der Waals surface area (Å²) in [5.74, 6) is 1.90. The molecular formula is C15H14ClN3O2S. The highest BCUT2D eigenvalue weighted by atomic mass is 35.5. The van der Waals surface area contributed by atoms with Crippen LogP contribution in [0.1, 0.15) is 5.56 Å². The lowest BCUT2D eigenvalue weighted by Gasteiger charge is -2.12. The van der Waals surface area contributed by atoms with Crippen LogP contribution in [0.5, 0.6) is 11.5 Å². The number of nitrogens with zero attached hydrogens (tertiary/aromatic N) is 2. The van der Waals surface area contributed by atoms with Crippen molar-refractivity contribution in [1.29, 1.82) is 0 Å². The topological polar surface area (TPSA) is 56.3 Å². The molecule has 0 amide bonds. The lowest BCUT2D eigenvalue weighted by atomic mass is 10.2. The Morgan fingerprint density at radius 2 is 1.95 bits per heavy atom. The summed E-state index contributed by atoms with van der Waals surface area (Å²) in [6, 6.07) is 5.70. The molecule has 2 aromatic heterocycles. The van der Waals surface area contributed by atoms with Gasteiger partial charge in [-0.1, -0.05) is 0 Å². The molecule has 3 aromatic rings. The lowest BCUT2D eigenvalue weighted by molar-refractivity contribution is 0.356. The van der Waals surface area contributed by atoms with Gasteiger partial charge in [-0.05, 0) is 40.1 Å². The minimum Gasteiger partial charge on any atom is -0.493 e. The summed E-state index contributed by atoms with van der Waals surface area (Å²) in [6.45, 7) is 0.667. The number of benzene rings is 1. The van der Waals surface area contributed by atoms with Crippen LogP contribution < -0.4 is 14.8 Å². The molecule has 3 rings (SSSR count). The van der Waals surface area contributed by atoms with Crippen LogP contribution >= 0.6 is 22.9 Å². The molecule has 114 valence electrons. The van der Waals surface area contributed by atoms with E-state index < -0.39 is 0 Å². The number of thiophene rings is 1. The SMILES string of the molecule is COc1cc2nc(Cl)nc(NCc3ccsc3)c2cc1OC. The Labute approximate surface area is 136 Å². The van der Waals surface area contributed by atoms with Crippen molar-refractivity contribution in [2.24, 2.45) is 0 Å². The maximum atomic E-state index is 6.02. The average Bonchev–Trinajstić information content (AvgIpc) is 3.04. The molecule has 0 radical (unpaired) electrons. The van der Waals surface area contributed by atoms with Gasteiger partial charge in [0, 0.05) is 18.0 Å². The third kappa shape index (κ3) is 2.93. The zero-order chi connectivity index (χ0) is 15.5. The molecule has 0 aliphatic heterocycles. The first-order valence-electron chi connectivity index (χ1n) is 6.55. The maximum absolute atomic E-state index is 6.02. The predicted octanol–water partition coefficient (Wildman–Crippen LogP) is 3.97. The van der Waals surface area contributed by atoms with Crippen LogP contribution in [0.3, 0.4) is 0 Å². The number of hydrogen-bond acceptors (Lipinski definition) is 6. The van der Waals surface area contributed by atoms with Gasteiger partial charge in [0.2, 0.25) is 5.28 Å². The smallest absolute Gasteiger partial charge is 0.224 e. The van der Waals surface area contributed by atoms with Crippen LogP contribution in [0.15, 0.2) is 29.0 Å². The summed E-state index contributed by atoms with van der Waals surface area (Å²) < 4.78 is 10.6. The second kappa shape index (κ2) is 6.37. The molecule has 0 aliphatic carbocycles. The summed E-state index contributed by atoms with van der Waals surface area (Å²) in [5, 5.41) is 8.44. The number of methoxy groups -OCH3 is 2. The summed E-state index contributed by atoms with van der Waals surface area (Å²) in [7, 11) is 3.18. The highest BCUT2D eigenvalue weighted by Crippen LogP contribution is 2.34. The molecular weight excluding hydrogens is 322 g/mol. The van der Waals surface area contributed by atoms with Crippen molar-refractivity contribution >= 4 is 39.7 Å². The Bertz CT molecular complexity index is 793. The fourth-order valence-electron chi connectivity index (χ4n) is 2.14. The van der Waals surface area contributed by atoms with Crippen molar-refractivity contribution in [3.05, 3.63) is 39.8 Å². The van der Waals surface area contributed by atoms with Crippen molar-refractivity contribution in [2.75, 3.05) is 19.5 Å². The van der Waals surface area contributed by atoms with Crippen molar-refractivity contribution in [2.45, 2.75) is 6.54 Å². The van der Waals surface area contributed by atoms with Gasteiger partial charge in [0.05, 0.1) is 19.7 Å². The van der Waals surface area contributed by atoms with Gasteiger partial charge in [-0.25, -0.2) is 9.97 Å². The number of aromatic nitrogens is 2. The van der Waals surface area contributed by atoms with Gasteiger partial charge in [0.15, 0.2) is 11.5 Å². The molecule has 5 nitrogen and oxygen atoms in total. The van der Waals surface area contributed by atoms with Gasteiger partial charge >= 0.3 is 0 Å². The highest BCUT2D eigenvalue weighted by Gasteiger charge is 2.12. The summed E-state index contributed by atoms with van der Waals surface area (Å²) in [4.78, 5) is 8.53. The third-order valence-electron chi connectivity index (χ3n) is 3.21. The Kier molecular flexibility index (Phi) is 4.31. The van der Waals surface area contributed by atoms with E-state index in [4.69, 9.17) is 21.1 Å². The lowest BCUT2D eigenvalue weighted by Crippen LogP contribution is -2.03. The fourth-order valence-corrected chi connectivity index (χ4v) is 2.99. The normalized spacial score (nSPS) is 10.7. The Hall–Kier alpha value is -2.05. The fraction of sp³-hybridized carbons (Fsp3) is 0.200. The quantitative estimate of drug-likeness (QED) is 0.715. The summed E-state index contributed by atoms with van der Waals surface area (Å²) >= 11 is 7.68. The monoisotopic (exact) mass is 335 g/mol. The molecule has 0 fully saturated rings. The molecule has 1 N–H and O–H groups in total. The van der Waals surface area contributed by atoms with E-state index in [1.165, 1.54) is 5.56 Å². The minimum atomic E-state index is 0.188. The number of nitrogens with one attached hydrogen (secondary N) is 1. The van der Waals surface area contributed by atoms with E-state index in [2.05, 4.69) is 26.7 Å². The van der Waals surface area contributed by atoms with Crippen LogP contribution in [0.2, 0.25) is 5.28 Å². The average molecular weight is 336 g/mol. The first-order chi connectivity index (χ1) is 10.7. The number of fused-ring (bicyclic) bond motifs is 1. The number of rotatable bonds is 5. The van der Waals surface area contributed by atoms with Gasteiger partial charge in [-0.3, -0.25) is 0 Å². The second-order valence-corrected chi connectivity index (χ2v) is 5.67. The zero-order valence-electron chi connectivity index (χ0n) is 12.1. The predicted molar refractivity (Wildman–Crippen MR) is 89.3 cm³/mol. The second-order valence-electron chi connectivity index (χ2n) is 4.55. The van der Waals surface area contributed by atoms with Crippen molar-refractivity contribution in [3.8, 4) is 11.5 Å². The van der Waals surface area contributed by atoms with Crippen LogP contribution in [0.25, 0.3) is 10.9 Å². The van der Waals surface area contributed by atoms with Crippen LogP contribution in [0.4, 0.5) is 5.82 Å². The molecule has 7 heteroatoms. The number of anilines is 1. The van der Waals surface area contributed by atoms with Crippen LogP contribution in [-0.4, -0.2) is 24.2 Å². The Morgan fingerprint density at radius 3 is 2.64 bits per heavy atom. The number of hydrogen-bond donors (Lipinski definition) is 1. The molecule has 0 unspecified atom stereocenters. The van der Waals surface area contributed by atoms with E-state index in [9.17, 15) is 0 Å². The molecule has 0 spiro atoms.